The van der Waals surface area contributed by atoms with Gasteiger partial charge in [-0.3, -0.25) is 10.9 Å². The summed E-state index contributed by atoms with van der Waals surface area (Å²) in [7, 11) is 0. The molecule has 0 aromatic heterocycles. The van der Waals surface area contributed by atoms with Crippen LogP contribution in [0.3, 0.4) is 0 Å². The van der Waals surface area contributed by atoms with Gasteiger partial charge in [-0.2, -0.15) is 8.78 Å². The highest BCUT2D eigenvalue weighted by Gasteiger charge is 2.21. The summed E-state index contributed by atoms with van der Waals surface area (Å²) in [5.41, 5.74) is 7.20. The molecule has 1 fully saturated rings. The molecule has 4 nitrogen and oxygen atoms in total. The van der Waals surface area contributed by atoms with Crippen LogP contribution in [0.1, 0.15) is 12.5 Å². The summed E-state index contributed by atoms with van der Waals surface area (Å²) in [5.74, 6) is 0.729. The van der Waals surface area contributed by atoms with Crippen molar-refractivity contribution in [2.45, 2.75) is 26.1 Å². The predicted octanol–water partition coefficient (Wildman–Crippen LogP) is 1.49. The average molecular weight is 271 g/mol. The van der Waals surface area contributed by atoms with Gasteiger partial charge in [-0.15, -0.1) is 0 Å². The molecule has 106 valence electrons. The molecule has 6 heteroatoms. The minimum Gasteiger partial charge on any atom is -0.435 e. The number of hydrogen-bond acceptors (Lipinski definition) is 4. The predicted molar refractivity (Wildman–Crippen MR) is 68.9 cm³/mol. The molecule has 1 saturated heterocycles. The van der Waals surface area contributed by atoms with Gasteiger partial charge in [-0.25, -0.2) is 0 Å². The van der Waals surface area contributed by atoms with E-state index < -0.39 is 6.61 Å². The van der Waals surface area contributed by atoms with Crippen LogP contribution in [-0.2, 0) is 6.54 Å². The number of halogens is 2. The molecule has 0 bridgehead atoms. The van der Waals surface area contributed by atoms with E-state index >= 15 is 0 Å². The summed E-state index contributed by atoms with van der Waals surface area (Å²) in [5, 5.41) is 3.33. The Bertz CT molecular complexity index is 403. The molecule has 3 N–H and O–H groups in total. The maximum absolute atomic E-state index is 12.1. The summed E-state index contributed by atoms with van der Waals surface area (Å²) >= 11 is 0. The van der Waals surface area contributed by atoms with Gasteiger partial charge in [0.15, 0.2) is 0 Å². The third kappa shape index (κ3) is 4.41. The van der Waals surface area contributed by atoms with Crippen LogP contribution in [0.5, 0.6) is 5.75 Å². The lowest BCUT2D eigenvalue weighted by Crippen LogP contribution is -2.32. The fraction of sp³-hybridized carbons (Fsp3) is 0.538. The van der Waals surface area contributed by atoms with Crippen molar-refractivity contribution in [3.63, 3.8) is 0 Å². The van der Waals surface area contributed by atoms with Crippen LogP contribution in [0.2, 0.25) is 0 Å². The zero-order valence-electron chi connectivity index (χ0n) is 10.8. The first-order valence-corrected chi connectivity index (χ1v) is 6.38. The van der Waals surface area contributed by atoms with Crippen LogP contribution in [0.4, 0.5) is 8.78 Å². The van der Waals surface area contributed by atoms with Crippen molar-refractivity contribution in [1.82, 2.24) is 16.2 Å². The molecule has 0 amide bonds. The zero-order valence-corrected chi connectivity index (χ0v) is 10.8. The van der Waals surface area contributed by atoms with Crippen molar-refractivity contribution in [1.29, 1.82) is 0 Å². The van der Waals surface area contributed by atoms with Gasteiger partial charge < -0.3 is 10.1 Å². The lowest BCUT2D eigenvalue weighted by molar-refractivity contribution is -0.0498. The second kappa shape index (κ2) is 6.79. The summed E-state index contributed by atoms with van der Waals surface area (Å²) in [6, 6.07) is 7.20. The highest BCUT2D eigenvalue weighted by molar-refractivity contribution is 5.28. The first-order chi connectivity index (χ1) is 9.15. The van der Waals surface area contributed by atoms with E-state index in [-0.39, 0.29) is 5.75 Å². The van der Waals surface area contributed by atoms with Gasteiger partial charge in [0.25, 0.3) is 0 Å². The van der Waals surface area contributed by atoms with Crippen LogP contribution < -0.4 is 20.9 Å². The second-order valence-corrected chi connectivity index (χ2v) is 4.73. The lowest BCUT2D eigenvalue weighted by atomic mass is 10.0. The first-order valence-electron chi connectivity index (χ1n) is 6.38. The number of benzene rings is 1. The number of hydrogen-bond donors (Lipinski definition) is 3. The average Bonchev–Trinajstić information content (AvgIpc) is 2.75. The lowest BCUT2D eigenvalue weighted by Gasteiger charge is -2.14. The van der Waals surface area contributed by atoms with E-state index in [4.69, 9.17) is 0 Å². The molecule has 0 spiro atoms. The molecule has 1 heterocycles. The Morgan fingerprint density at radius 2 is 2.32 bits per heavy atom. The number of hydrazine groups is 1. The van der Waals surface area contributed by atoms with Crippen molar-refractivity contribution < 1.29 is 13.5 Å². The van der Waals surface area contributed by atoms with E-state index in [9.17, 15) is 8.78 Å². The molecule has 2 unspecified atom stereocenters. The minimum absolute atomic E-state index is 0.201. The SMILES string of the molecule is CC1NNCC1CNCc1cccc(OC(F)F)c1. The second-order valence-electron chi connectivity index (χ2n) is 4.73. The van der Waals surface area contributed by atoms with Gasteiger partial charge in [0.1, 0.15) is 5.75 Å². The molecule has 0 radical (unpaired) electrons. The Balaban J connectivity index is 1.79. The smallest absolute Gasteiger partial charge is 0.387 e. The van der Waals surface area contributed by atoms with Gasteiger partial charge in [0, 0.05) is 31.6 Å². The Hall–Kier alpha value is -1.24. The summed E-state index contributed by atoms with van der Waals surface area (Å²) in [4.78, 5) is 0. The van der Waals surface area contributed by atoms with Gasteiger partial charge in [0.05, 0.1) is 0 Å². The zero-order chi connectivity index (χ0) is 13.7. The number of nitrogens with one attached hydrogen (secondary N) is 3. The van der Waals surface area contributed by atoms with E-state index in [2.05, 4.69) is 27.8 Å². The van der Waals surface area contributed by atoms with Gasteiger partial charge in [0.2, 0.25) is 0 Å². The number of rotatable bonds is 6. The highest BCUT2D eigenvalue weighted by Crippen LogP contribution is 2.16. The third-order valence-electron chi connectivity index (χ3n) is 3.26. The van der Waals surface area contributed by atoms with Crippen LogP contribution >= 0.6 is 0 Å². The fourth-order valence-corrected chi connectivity index (χ4v) is 2.13. The molecule has 2 atom stereocenters. The Morgan fingerprint density at radius 3 is 3.00 bits per heavy atom. The van der Waals surface area contributed by atoms with E-state index in [1.54, 1.807) is 12.1 Å². The van der Waals surface area contributed by atoms with Crippen LogP contribution in [0.15, 0.2) is 24.3 Å². The molecule has 1 aliphatic rings. The standard InChI is InChI=1S/C13H19F2N3O/c1-9-11(8-17-18-9)7-16-6-10-3-2-4-12(5-10)19-13(14)15/h2-5,9,11,13,16-18H,6-8H2,1H3. The summed E-state index contributed by atoms with van der Waals surface area (Å²) in [6.45, 7) is 1.80. The molecule has 1 aromatic carbocycles. The molecule has 19 heavy (non-hydrogen) atoms. The number of ether oxygens (including phenoxy) is 1. The quantitative estimate of drug-likeness (QED) is 0.733. The largest absolute Gasteiger partial charge is 0.435 e. The fourth-order valence-electron chi connectivity index (χ4n) is 2.13. The van der Waals surface area contributed by atoms with Crippen molar-refractivity contribution in [2.75, 3.05) is 13.1 Å². The molecule has 0 aliphatic carbocycles. The van der Waals surface area contributed by atoms with Crippen molar-refractivity contribution >= 4 is 0 Å². The first kappa shape index (κ1) is 14.2. The van der Waals surface area contributed by atoms with E-state index in [1.807, 2.05) is 6.07 Å². The van der Waals surface area contributed by atoms with Crippen LogP contribution in [0, 0.1) is 5.92 Å². The minimum atomic E-state index is -2.78. The normalized spacial score (nSPS) is 22.9. The van der Waals surface area contributed by atoms with Gasteiger partial charge in [-0.1, -0.05) is 12.1 Å². The topological polar surface area (TPSA) is 45.3 Å². The molecular weight excluding hydrogens is 252 g/mol. The molecule has 1 aromatic rings. The maximum atomic E-state index is 12.1. The van der Waals surface area contributed by atoms with E-state index in [1.165, 1.54) is 6.07 Å². The molecule has 2 rings (SSSR count). The highest BCUT2D eigenvalue weighted by atomic mass is 19.3. The van der Waals surface area contributed by atoms with Gasteiger partial charge >= 0.3 is 6.61 Å². The number of alkyl halides is 2. The Kier molecular flexibility index (Phi) is 5.07. The van der Waals surface area contributed by atoms with Crippen molar-refractivity contribution in [2.24, 2.45) is 5.92 Å². The molecule has 1 aliphatic heterocycles. The van der Waals surface area contributed by atoms with E-state index in [0.717, 1.165) is 18.7 Å². The third-order valence-corrected chi connectivity index (χ3v) is 3.26. The Labute approximate surface area is 111 Å². The summed E-state index contributed by atoms with van der Waals surface area (Å²) < 4.78 is 28.6. The Morgan fingerprint density at radius 1 is 1.47 bits per heavy atom. The maximum Gasteiger partial charge on any atom is 0.387 e. The van der Waals surface area contributed by atoms with Crippen LogP contribution in [-0.4, -0.2) is 25.7 Å². The van der Waals surface area contributed by atoms with E-state index in [0.29, 0.717) is 18.5 Å². The van der Waals surface area contributed by atoms with Gasteiger partial charge in [-0.05, 0) is 24.6 Å². The molecule has 0 saturated carbocycles. The van der Waals surface area contributed by atoms with Crippen LogP contribution in [0.25, 0.3) is 0 Å². The monoisotopic (exact) mass is 271 g/mol. The van der Waals surface area contributed by atoms with Crippen molar-refractivity contribution in [3.8, 4) is 5.75 Å². The molecular formula is C13H19F2N3O. The summed E-state index contributed by atoms with van der Waals surface area (Å²) in [6.07, 6.45) is 0. The van der Waals surface area contributed by atoms with Crippen molar-refractivity contribution in [3.05, 3.63) is 29.8 Å².